The number of allylic oxidation sites excluding steroid dienone is 1. The van der Waals surface area contributed by atoms with Gasteiger partial charge in [-0.15, -0.1) is 5.10 Å². The molecule has 0 saturated carbocycles. The average Bonchev–Trinajstić information content (AvgIpc) is 3.20. The number of fused-ring (bicyclic) bond motifs is 2. The molecule has 3 aromatic carbocycles. The molecule has 158 valence electrons. The zero-order valence-corrected chi connectivity index (χ0v) is 17.0. The van der Waals surface area contributed by atoms with Gasteiger partial charge in [0.15, 0.2) is 5.82 Å². The minimum atomic E-state index is -0.887. The lowest BCUT2D eigenvalue weighted by atomic mass is 9.94. The number of amides is 1. The largest absolute Gasteiger partial charge is 0.366 e. The fourth-order valence-corrected chi connectivity index (χ4v) is 4.18. The van der Waals surface area contributed by atoms with Crippen LogP contribution in [0.4, 0.5) is 11.6 Å². The van der Waals surface area contributed by atoms with Crippen LogP contribution >= 0.6 is 0 Å². The Hall–Kier alpha value is -4.53. The van der Waals surface area contributed by atoms with Crippen molar-refractivity contribution in [2.24, 2.45) is 5.73 Å². The van der Waals surface area contributed by atoms with Crippen molar-refractivity contribution in [1.29, 1.82) is 0 Å². The smallest absolute Gasteiger partial charge is 0.275 e. The molecule has 0 bridgehead atoms. The molecule has 1 aromatic heterocycles. The molecule has 0 aliphatic carbocycles. The highest BCUT2D eigenvalue weighted by atomic mass is 16.6. The number of nitrogens with two attached hydrogens (primary N) is 1. The number of rotatable bonds is 4. The number of carbonyl (C=O) groups excluding carboxylic acids is 1. The van der Waals surface area contributed by atoms with Crippen LogP contribution in [0.15, 0.2) is 78.0 Å². The second-order valence-corrected chi connectivity index (χ2v) is 7.48. The monoisotopic (exact) mass is 426 g/mol. The number of anilines is 1. The van der Waals surface area contributed by atoms with Gasteiger partial charge in [0.25, 0.3) is 5.69 Å². The molecule has 9 heteroatoms. The van der Waals surface area contributed by atoms with Crippen molar-refractivity contribution in [2.75, 3.05) is 5.32 Å². The maximum Gasteiger partial charge on any atom is 0.275 e. The molecule has 1 atom stereocenters. The number of nitrogens with one attached hydrogen (secondary N) is 1. The van der Waals surface area contributed by atoms with Crippen molar-refractivity contribution >= 4 is 28.3 Å². The van der Waals surface area contributed by atoms with Crippen LogP contribution in [0.1, 0.15) is 18.5 Å². The van der Waals surface area contributed by atoms with Gasteiger partial charge in [-0.1, -0.05) is 54.6 Å². The Balaban J connectivity index is 1.75. The van der Waals surface area contributed by atoms with Gasteiger partial charge in [-0.2, -0.15) is 4.98 Å². The zero-order valence-electron chi connectivity index (χ0n) is 17.0. The van der Waals surface area contributed by atoms with E-state index in [1.54, 1.807) is 25.1 Å². The Kier molecular flexibility index (Phi) is 4.44. The quantitative estimate of drug-likeness (QED) is 0.377. The summed E-state index contributed by atoms with van der Waals surface area (Å²) >= 11 is 0. The third-order valence-corrected chi connectivity index (χ3v) is 5.58. The number of benzene rings is 3. The minimum absolute atomic E-state index is 0.126. The van der Waals surface area contributed by atoms with E-state index < -0.39 is 16.9 Å². The Labute approximate surface area is 182 Å². The average molecular weight is 426 g/mol. The third kappa shape index (κ3) is 2.99. The second-order valence-electron chi connectivity index (χ2n) is 7.48. The first kappa shape index (κ1) is 19.4. The van der Waals surface area contributed by atoms with Crippen LogP contribution in [-0.4, -0.2) is 25.6 Å². The van der Waals surface area contributed by atoms with E-state index in [1.807, 2.05) is 42.5 Å². The SMILES string of the molecule is CC1=C(C(N)=O)C(c2ccccc2[N+](=O)[O-])n2nc(-c3cccc4ccccc34)nc2N1. The van der Waals surface area contributed by atoms with Crippen molar-refractivity contribution < 1.29 is 9.72 Å². The van der Waals surface area contributed by atoms with Crippen LogP contribution in [0.2, 0.25) is 0 Å². The first-order valence-electron chi connectivity index (χ1n) is 9.91. The first-order chi connectivity index (χ1) is 15.5. The number of hydrogen-bond donors (Lipinski definition) is 2. The summed E-state index contributed by atoms with van der Waals surface area (Å²) in [5.74, 6) is 0.121. The summed E-state index contributed by atoms with van der Waals surface area (Å²) in [5, 5.41) is 21.5. The lowest BCUT2D eigenvalue weighted by Crippen LogP contribution is -2.32. The second kappa shape index (κ2) is 7.31. The summed E-state index contributed by atoms with van der Waals surface area (Å²) in [6.07, 6.45) is 0. The van der Waals surface area contributed by atoms with E-state index in [2.05, 4.69) is 15.4 Å². The molecule has 1 aliphatic heterocycles. The van der Waals surface area contributed by atoms with Gasteiger partial charge < -0.3 is 11.1 Å². The predicted octanol–water partition coefficient (Wildman–Crippen LogP) is 3.78. The number of nitro benzene ring substituents is 1. The van der Waals surface area contributed by atoms with Gasteiger partial charge in [-0.3, -0.25) is 14.9 Å². The van der Waals surface area contributed by atoms with Crippen LogP contribution in [0, 0.1) is 10.1 Å². The number of primary amides is 1. The normalized spacial score (nSPS) is 15.3. The molecule has 3 N–H and O–H groups in total. The number of aromatic nitrogens is 3. The molecule has 0 spiro atoms. The van der Waals surface area contributed by atoms with Gasteiger partial charge in [-0.25, -0.2) is 4.68 Å². The number of hydrogen-bond acceptors (Lipinski definition) is 6. The van der Waals surface area contributed by atoms with Gasteiger partial charge in [0, 0.05) is 17.3 Å². The lowest BCUT2D eigenvalue weighted by molar-refractivity contribution is -0.385. The highest BCUT2D eigenvalue weighted by Gasteiger charge is 2.37. The van der Waals surface area contributed by atoms with Gasteiger partial charge in [0.05, 0.1) is 16.1 Å². The third-order valence-electron chi connectivity index (χ3n) is 5.58. The number of nitrogens with zero attached hydrogens (tertiary/aromatic N) is 4. The van der Waals surface area contributed by atoms with E-state index in [9.17, 15) is 14.9 Å². The van der Waals surface area contributed by atoms with E-state index in [0.717, 1.165) is 16.3 Å². The van der Waals surface area contributed by atoms with Gasteiger partial charge in [-0.05, 0) is 23.8 Å². The molecule has 5 rings (SSSR count). The molecule has 2 heterocycles. The van der Waals surface area contributed by atoms with Crippen molar-refractivity contribution in [2.45, 2.75) is 13.0 Å². The van der Waals surface area contributed by atoms with E-state index in [4.69, 9.17) is 5.73 Å². The van der Waals surface area contributed by atoms with E-state index in [0.29, 0.717) is 23.0 Å². The maximum atomic E-state index is 12.4. The topological polar surface area (TPSA) is 129 Å². The van der Waals surface area contributed by atoms with Crippen LogP contribution in [0.5, 0.6) is 0 Å². The summed E-state index contributed by atoms with van der Waals surface area (Å²) in [6.45, 7) is 1.69. The molecule has 1 amide bonds. The summed E-state index contributed by atoms with van der Waals surface area (Å²) in [5.41, 5.74) is 7.36. The van der Waals surface area contributed by atoms with Crippen molar-refractivity contribution in [3.05, 3.63) is 93.7 Å². The van der Waals surface area contributed by atoms with Crippen LogP contribution < -0.4 is 11.1 Å². The van der Waals surface area contributed by atoms with Crippen LogP contribution in [0.3, 0.4) is 0 Å². The Morgan fingerprint density at radius 1 is 1.09 bits per heavy atom. The zero-order chi connectivity index (χ0) is 22.4. The van der Waals surface area contributed by atoms with E-state index in [-0.39, 0.29) is 11.3 Å². The van der Waals surface area contributed by atoms with Crippen LogP contribution in [-0.2, 0) is 4.79 Å². The molecule has 0 saturated heterocycles. The number of para-hydroxylation sites is 1. The van der Waals surface area contributed by atoms with Crippen molar-refractivity contribution in [3.8, 4) is 11.4 Å². The van der Waals surface area contributed by atoms with Crippen molar-refractivity contribution in [3.63, 3.8) is 0 Å². The highest BCUT2D eigenvalue weighted by molar-refractivity contribution is 5.97. The molecule has 1 unspecified atom stereocenters. The Morgan fingerprint density at radius 3 is 2.59 bits per heavy atom. The molecular weight excluding hydrogens is 408 g/mol. The first-order valence-corrected chi connectivity index (χ1v) is 9.91. The number of nitro groups is 1. The Morgan fingerprint density at radius 2 is 1.81 bits per heavy atom. The van der Waals surface area contributed by atoms with E-state index in [1.165, 1.54) is 10.7 Å². The summed E-state index contributed by atoms with van der Waals surface area (Å²) in [6, 6.07) is 19.1. The number of carbonyl (C=O) groups is 1. The minimum Gasteiger partial charge on any atom is -0.366 e. The van der Waals surface area contributed by atoms with Gasteiger partial charge in [0.1, 0.15) is 6.04 Å². The van der Waals surface area contributed by atoms with Crippen LogP contribution in [0.25, 0.3) is 22.2 Å². The fourth-order valence-electron chi connectivity index (χ4n) is 4.18. The van der Waals surface area contributed by atoms with E-state index >= 15 is 0 Å². The standard InChI is InChI=1S/C23H18N6O3/c1-13-19(21(24)30)20(17-10-4-5-12-18(17)29(31)32)28-23(25-13)26-22(27-28)16-11-6-8-14-7-2-3-9-15(14)16/h2-12,20H,1H3,(H2,24,30)(H,25,26,27). The maximum absolute atomic E-state index is 12.4. The lowest BCUT2D eigenvalue weighted by Gasteiger charge is -2.27. The molecule has 1 aliphatic rings. The molecule has 32 heavy (non-hydrogen) atoms. The molecule has 4 aromatic rings. The molecule has 0 radical (unpaired) electrons. The highest BCUT2D eigenvalue weighted by Crippen LogP contribution is 2.40. The molecular formula is C23H18N6O3. The summed E-state index contributed by atoms with van der Waals surface area (Å²) < 4.78 is 1.49. The summed E-state index contributed by atoms with van der Waals surface area (Å²) in [7, 11) is 0. The van der Waals surface area contributed by atoms with Crippen molar-refractivity contribution in [1.82, 2.24) is 14.8 Å². The molecule has 0 fully saturated rings. The summed E-state index contributed by atoms with van der Waals surface area (Å²) in [4.78, 5) is 28.3. The van der Waals surface area contributed by atoms with Gasteiger partial charge >= 0.3 is 0 Å². The van der Waals surface area contributed by atoms with Gasteiger partial charge in [0.2, 0.25) is 11.9 Å². The Bertz CT molecular complexity index is 1430. The predicted molar refractivity (Wildman–Crippen MR) is 120 cm³/mol. The molecule has 9 nitrogen and oxygen atoms in total. The fraction of sp³-hybridized carbons (Fsp3) is 0.0870.